The van der Waals surface area contributed by atoms with Crippen LogP contribution < -0.4 is 4.74 Å². The highest BCUT2D eigenvalue weighted by Crippen LogP contribution is 2.26. The number of halogens is 1. The van der Waals surface area contributed by atoms with E-state index < -0.39 is 5.97 Å². The van der Waals surface area contributed by atoms with E-state index in [0.29, 0.717) is 27.8 Å². The summed E-state index contributed by atoms with van der Waals surface area (Å²) in [7, 11) is 3.23. The Morgan fingerprint density at radius 1 is 1.26 bits per heavy atom. The van der Waals surface area contributed by atoms with Gasteiger partial charge in [-0.3, -0.25) is 9.59 Å². The maximum absolute atomic E-state index is 12.1. The zero-order valence-corrected chi connectivity index (χ0v) is 16.4. The summed E-state index contributed by atoms with van der Waals surface area (Å²) < 4.78 is 16.4. The smallest absolute Gasteiger partial charge is 0.310 e. The molecule has 27 heavy (non-hydrogen) atoms. The second-order valence-corrected chi connectivity index (χ2v) is 7.72. The van der Waals surface area contributed by atoms with Crippen LogP contribution in [0.3, 0.4) is 0 Å². The molecule has 1 aromatic carbocycles. The summed E-state index contributed by atoms with van der Waals surface area (Å²) in [4.78, 5) is 26.7. The Hall–Kier alpha value is -2.51. The van der Waals surface area contributed by atoms with Crippen LogP contribution in [-0.4, -0.2) is 37.5 Å². The van der Waals surface area contributed by atoms with Gasteiger partial charge in [-0.25, -0.2) is 0 Å². The maximum Gasteiger partial charge on any atom is 0.310 e. The molecule has 0 radical (unpaired) electrons. The monoisotopic (exact) mass is 407 g/mol. The van der Waals surface area contributed by atoms with Gasteiger partial charge in [0.15, 0.2) is 6.61 Å². The zero-order valence-electron chi connectivity index (χ0n) is 14.9. The molecule has 0 N–H and O–H groups in total. The Balaban J connectivity index is 1.52. The van der Waals surface area contributed by atoms with Gasteiger partial charge >= 0.3 is 5.97 Å². The van der Waals surface area contributed by atoms with Gasteiger partial charge in [0.25, 0.3) is 5.91 Å². The number of hydrogen-bond donors (Lipinski definition) is 0. The number of hydrogen-bond acceptors (Lipinski definition) is 6. The number of thiophene rings is 1. The molecule has 0 unspecified atom stereocenters. The van der Waals surface area contributed by atoms with E-state index in [1.807, 2.05) is 12.1 Å². The molecule has 8 heteroatoms. The number of fused-ring (bicyclic) bond motifs is 1. The lowest BCUT2D eigenvalue weighted by Gasteiger charge is -2.16. The van der Waals surface area contributed by atoms with Crippen molar-refractivity contribution in [3.8, 4) is 5.75 Å². The molecule has 0 saturated carbocycles. The number of furan rings is 1. The summed E-state index contributed by atoms with van der Waals surface area (Å²) in [5.41, 5.74) is 1.33. The van der Waals surface area contributed by atoms with Gasteiger partial charge in [-0.2, -0.15) is 0 Å². The first-order chi connectivity index (χ1) is 13.0. The van der Waals surface area contributed by atoms with Crippen LogP contribution in [-0.2, 0) is 27.3 Å². The third-order valence-corrected chi connectivity index (χ3v) is 5.22. The molecule has 0 bridgehead atoms. The van der Waals surface area contributed by atoms with Crippen molar-refractivity contribution in [1.29, 1.82) is 0 Å². The normalized spacial score (nSPS) is 10.8. The molecule has 0 saturated heterocycles. The van der Waals surface area contributed by atoms with E-state index in [1.54, 1.807) is 32.4 Å². The summed E-state index contributed by atoms with van der Waals surface area (Å²) >= 11 is 7.29. The Kier molecular flexibility index (Phi) is 6.03. The van der Waals surface area contributed by atoms with E-state index in [9.17, 15) is 9.59 Å². The first kappa shape index (κ1) is 19.3. The van der Waals surface area contributed by atoms with Crippen molar-refractivity contribution in [2.24, 2.45) is 0 Å². The molecular weight excluding hydrogens is 390 g/mol. The fourth-order valence-corrected chi connectivity index (χ4v) is 3.69. The van der Waals surface area contributed by atoms with E-state index in [2.05, 4.69) is 0 Å². The number of benzene rings is 1. The van der Waals surface area contributed by atoms with Crippen molar-refractivity contribution in [2.45, 2.75) is 13.0 Å². The van der Waals surface area contributed by atoms with E-state index in [1.165, 1.54) is 22.5 Å². The molecule has 0 aliphatic carbocycles. The van der Waals surface area contributed by atoms with Gasteiger partial charge in [0.05, 0.1) is 30.7 Å². The van der Waals surface area contributed by atoms with Crippen molar-refractivity contribution in [2.75, 3.05) is 20.8 Å². The number of likely N-dealkylation sites (N-methyl/N-ethyl adjacent to an activating group) is 1. The topological polar surface area (TPSA) is 69.0 Å². The third-order valence-electron chi connectivity index (χ3n) is 4.00. The van der Waals surface area contributed by atoms with Crippen LogP contribution in [0.4, 0.5) is 0 Å². The molecule has 0 fully saturated rings. The molecule has 142 valence electrons. The summed E-state index contributed by atoms with van der Waals surface area (Å²) in [5, 5.41) is 0.811. The fourth-order valence-electron chi connectivity index (χ4n) is 2.55. The Labute approximate surface area is 165 Å². The van der Waals surface area contributed by atoms with Gasteiger partial charge in [0.1, 0.15) is 11.3 Å². The number of carbonyl (C=O) groups is 2. The van der Waals surface area contributed by atoms with E-state index in [0.717, 1.165) is 10.3 Å². The first-order valence-corrected chi connectivity index (χ1v) is 9.33. The Morgan fingerprint density at radius 3 is 2.78 bits per heavy atom. The van der Waals surface area contributed by atoms with Crippen LogP contribution in [0.5, 0.6) is 5.75 Å². The number of carbonyl (C=O) groups excluding carboxylic acids is 2. The minimum Gasteiger partial charge on any atom is -0.497 e. The predicted octanol–water partition coefficient (Wildman–Crippen LogP) is 3.90. The molecule has 0 aliphatic heterocycles. The second-order valence-electron chi connectivity index (χ2n) is 5.92. The summed E-state index contributed by atoms with van der Waals surface area (Å²) in [6, 6.07) is 9.01. The number of nitrogens with zero attached hydrogens (tertiary/aromatic N) is 1. The highest BCUT2D eigenvalue weighted by molar-refractivity contribution is 7.16. The summed E-state index contributed by atoms with van der Waals surface area (Å²) in [6.07, 6.45) is 1.54. The zero-order chi connectivity index (χ0) is 19.4. The van der Waals surface area contributed by atoms with Gasteiger partial charge in [-0.15, -0.1) is 11.3 Å². The van der Waals surface area contributed by atoms with Gasteiger partial charge in [0.2, 0.25) is 0 Å². The van der Waals surface area contributed by atoms with Crippen LogP contribution in [0.2, 0.25) is 4.34 Å². The lowest BCUT2D eigenvalue weighted by Crippen LogP contribution is -2.30. The third kappa shape index (κ3) is 4.81. The van der Waals surface area contributed by atoms with Crippen molar-refractivity contribution in [3.63, 3.8) is 0 Å². The molecule has 6 nitrogen and oxygen atoms in total. The average molecular weight is 408 g/mol. The van der Waals surface area contributed by atoms with Crippen molar-refractivity contribution >= 4 is 45.8 Å². The van der Waals surface area contributed by atoms with E-state index in [-0.39, 0.29) is 18.9 Å². The highest BCUT2D eigenvalue weighted by atomic mass is 35.5. The number of methoxy groups -OCH3 is 1. The van der Waals surface area contributed by atoms with Crippen LogP contribution in [0, 0.1) is 0 Å². The molecule has 2 aromatic heterocycles. The molecule has 0 aliphatic rings. The van der Waals surface area contributed by atoms with Gasteiger partial charge in [-0.05, 0) is 24.3 Å². The molecule has 0 spiro atoms. The quantitative estimate of drug-likeness (QED) is 0.555. The second kappa shape index (κ2) is 8.45. The fraction of sp³-hybridized carbons (Fsp3) is 0.263. The van der Waals surface area contributed by atoms with Crippen LogP contribution >= 0.6 is 22.9 Å². The molecule has 2 heterocycles. The number of rotatable bonds is 7. The average Bonchev–Trinajstić information content (AvgIpc) is 3.25. The molecule has 1 amide bonds. The highest BCUT2D eigenvalue weighted by Gasteiger charge is 2.16. The lowest BCUT2D eigenvalue weighted by atomic mass is 10.1. The van der Waals surface area contributed by atoms with E-state index in [4.69, 9.17) is 25.5 Å². The maximum atomic E-state index is 12.1. The van der Waals surface area contributed by atoms with Crippen LogP contribution in [0.25, 0.3) is 11.0 Å². The van der Waals surface area contributed by atoms with Crippen LogP contribution in [0.15, 0.2) is 41.0 Å². The SMILES string of the molecule is COc1ccc2c(CC(=O)OCC(=O)N(C)Cc3ccc(Cl)s3)coc2c1. The first-order valence-electron chi connectivity index (χ1n) is 8.14. The van der Waals surface area contributed by atoms with Gasteiger partial charge in [-0.1, -0.05) is 11.6 Å². The molecular formula is C19H18ClNO5S. The van der Waals surface area contributed by atoms with Crippen molar-refractivity contribution < 1.29 is 23.5 Å². The minimum atomic E-state index is -0.491. The standard InChI is InChI=1S/C19H18ClNO5S/c1-21(9-14-4-6-17(20)27-14)18(22)11-26-19(23)7-12-10-25-16-8-13(24-2)3-5-15(12)16/h3-6,8,10H,7,9,11H2,1-2H3. The van der Waals surface area contributed by atoms with Crippen molar-refractivity contribution in [3.05, 3.63) is 51.4 Å². The Bertz CT molecular complexity index is 964. The molecule has 3 aromatic rings. The minimum absolute atomic E-state index is 0.0247. The number of ether oxygens (including phenoxy) is 2. The predicted molar refractivity (Wildman–Crippen MR) is 103 cm³/mol. The molecule has 0 atom stereocenters. The summed E-state index contributed by atoms with van der Waals surface area (Å²) in [5.74, 6) is -0.101. The van der Waals surface area contributed by atoms with Crippen molar-refractivity contribution in [1.82, 2.24) is 4.90 Å². The van der Waals surface area contributed by atoms with Crippen LogP contribution in [0.1, 0.15) is 10.4 Å². The number of amides is 1. The number of esters is 1. The van der Waals surface area contributed by atoms with Gasteiger partial charge in [0, 0.05) is 28.9 Å². The lowest BCUT2D eigenvalue weighted by molar-refractivity contribution is -0.151. The van der Waals surface area contributed by atoms with Gasteiger partial charge < -0.3 is 18.8 Å². The largest absolute Gasteiger partial charge is 0.497 e. The molecule has 3 rings (SSSR count). The Morgan fingerprint density at radius 2 is 2.07 bits per heavy atom. The summed E-state index contributed by atoms with van der Waals surface area (Å²) in [6.45, 7) is 0.111. The van der Waals surface area contributed by atoms with E-state index >= 15 is 0 Å².